The van der Waals surface area contributed by atoms with Gasteiger partial charge in [0.2, 0.25) is 5.91 Å². The van der Waals surface area contributed by atoms with Crippen LogP contribution in [0.15, 0.2) is 24.4 Å². The van der Waals surface area contributed by atoms with Crippen molar-refractivity contribution in [3.05, 3.63) is 35.5 Å². The van der Waals surface area contributed by atoms with Gasteiger partial charge in [-0.25, -0.2) is 0 Å². The molecule has 118 valence electrons. The zero-order valence-corrected chi connectivity index (χ0v) is 13.9. The minimum atomic E-state index is 0.171. The van der Waals surface area contributed by atoms with Crippen LogP contribution in [-0.4, -0.2) is 34.5 Å². The largest absolute Gasteiger partial charge is 0.350 e. The zero-order chi connectivity index (χ0) is 15.9. The van der Waals surface area contributed by atoms with Gasteiger partial charge in [-0.05, 0) is 23.1 Å². The minimum absolute atomic E-state index is 0.171. The summed E-state index contributed by atoms with van der Waals surface area (Å²) in [7, 11) is 2.11. The molecule has 0 saturated carbocycles. The molecule has 1 aliphatic rings. The van der Waals surface area contributed by atoms with E-state index in [0.717, 1.165) is 19.6 Å². The summed E-state index contributed by atoms with van der Waals surface area (Å²) in [6.07, 6.45) is 2.21. The molecule has 3 rings (SSSR count). The minimum Gasteiger partial charge on any atom is -0.350 e. The van der Waals surface area contributed by atoms with Gasteiger partial charge in [-0.3, -0.25) is 4.79 Å². The van der Waals surface area contributed by atoms with Crippen molar-refractivity contribution in [2.75, 3.05) is 13.1 Å². The van der Waals surface area contributed by atoms with E-state index < -0.39 is 0 Å². The molecule has 0 atom stereocenters. The van der Waals surface area contributed by atoms with Gasteiger partial charge in [0.05, 0.1) is 0 Å². The monoisotopic (exact) mass is 299 g/mol. The van der Waals surface area contributed by atoms with Gasteiger partial charge in [0, 0.05) is 56.7 Å². The van der Waals surface area contributed by atoms with Crippen LogP contribution in [0.5, 0.6) is 0 Å². The van der Waals surface area contributed by atoms with Crippen LogP contribution >= 0.6 is 0 Å². The number of carbonyl (C=O) groups is 1. The molecule has 4 heteroatoms. The molecule has 1 amide bonds. The number of hydrogen-bond donors (Lipinski definition) is 1. The van der Waals surface area contributed by atoms with E-state index in [9.17, 15) is 4.79 Å². The van der Waals surface area contributed by atoms with E-state index >= 15 is 0 Å². The van der Waals surface area contributed by atoms with Crippen molar-refractivity contribution in [1.29, 1.82) is 0 Å². The zero-order valence-electron chi connectivity index (χ0n) is 13.9. The molecule has 0 radical (unpaired) electrons. The first-order chi connectivity index (χ1) is 10.5. The van der Waals surface area contributed by atoms with Crippen molar-refractivity contribution in [2.45, 2.75) is 39.3 Å². The highest BCUT2D eigenvalue weighted by atomic mass is 16.2. The maximum atomic E-state index is 11.2. The fourth-order valence-corrected chi connectivity index (χ4v) is 3.10. The van der Waals surface area contributed by atoms with Gasteiger partial charge in [-0.15, -0.1) is 0 Å². The first kappa shape index (κ1) is 15.1. The van der Waals surface area contributed by atoms with Crippen LogP contribution in [0, 0.1) is 0 Å². The first-order valence-electron chi connectivity index (χ1n) is 8.02. The van der Waals surface area contributed by atoms with Crippen LogP contribution in [0.25, 0.3) is 10.9 Å². The summed E-state index contributed by atoms with van der Waals surface area (Å²) in [4.78, 5) is 13.1. The predicted octanol–water partition coefficient (Wildman–Crippen LogP) is 2.62. The average molecular weight is 299 g/mol. The fourth-order valence-electron chi connectivity index (χ4n) is 3.10. The molecule has 1 saturated heterocycles. The van der Waals surface area contributed by atoms with Gasteiger partial charge in [0.1, 0.15) is 0 Å². The van der Waals surface area contributed by atoms with Gasteiger partial charge in [-0.1, -0.05) is 26.0 Å². The number of benzene rings is 1. The molecule has 2 heterocycles. The Labute approximate surface area is 132 Å². The van der Waals surface area contributed by atoms with Gasteiger partial charge in [0.25, 0.3) is 0 Å². The highest BCUT2D eigenvalue weighted by Crippen LogP contribution is 2.25. The number of likely N-dealkylation sites (tertiary alicyclic amines) is 1. The van der Waals surface area contributed by atoms with Crippen molar-refractivity contribution in [2.24, 2.45) is 7.05 Å². The third-order valence-electron chi connectivity index (χ3n) is 4.67. The van der Waals surface area contributed by atoms with Gasteiger partial charge < -0.3 is 14.8 Å². The molecule has 0 spiro atoms. The maximum absolute atomic E-state index is 11.2. The second-order valence-corrected chi connectivity index (χ2v) is 6.70. The van der Waals surface area contributed by atoms with Crippen LogP contribution in [-0.2, 0) is 18.4 Å². The topological polar surface area (TPSA) is 37.3 Å². The first-order valence-corrected chi connectivity index (χ1v) is 8.02. The maximum Gasteiger partial charge on any atom is 0.219 e. The number of rotatable bonds is 4. The van der Waals surface area contributed by atoms with E-state index in [1.807, 2.05) is 4.90 Å². The number of nitrogens with one attached hydrogen (secondary N) is 1. The van der Waals surface area contributed by atoms with Crippen molar-refractivity contribution >= 4 is 16.8 Å². The highest BCUT2D eigenvalue weighted by Gasteiger charge is 2.27. The molecule has 0 unspecified atom stereocenters. The Morgan fingerprint density at radius 2 is 2.09 bits per heavy atom. The number of carbonyl (C=O) groups excluding carboxylic acids is 1. The van der Waals surface area contributed by atoms with E-state index in [1.54, 1.807) is 6.92 Å². The Morgan fingerprint density at radius 3 is 2.73 bits per heavy atom. The smallest absolute Gasteiger partial charge is 0.219 e. The summed E-state index contributed by atoms with van der Waals surface area (Å²) in [5.41, 5.74) is 4.00. The third-order valence-corrected chi connectivity index (χ3v) is 4.67. The molecule has 2 aromatic rings. The number of fused-ring (bicyclic) bond motifs is 1. The van der Waals surface area contributed by atoms with Crippen LogP contribution in [0.3, 0.4) is 0 Å². The molecule has 22 heavy (non-hydrogen) atoms. The molecule has 0 bridgehead atoms. The predicted molar refractivity (Wildman–Crippen MR) is 89.9 cm³/mol. The number of aromatic nitrogens is 1. The van der Waals surface area contributed by atoms with Gasteiger partial charge in [0.15, 0.2) is 0 Å². The van der Waals surface area contributed by atoms with E-state index in [1.165, 1.54) is 22.0 Å². The molecule has 1 aromatic heterocycles. The number of amides is 1. The van der Waals surface area contributed by atoms with Crippen molar-refractivity contribution < 1.29 is 4.79 Å². The summed E-state index contributed by atoms with van der Waals surface area (Å²) < 4.78 is 2.21. The van der Waals surface area contributed by atoms with Crippen LogP contribution in [0.2, 0.25) is 0 Å². The number of aryl methyl sites for hydroxylation is 1. The van der Waals surface area contributed by atoms with E-state index in [-0.39, 0.29) is 5.91 Å². The third kappa shape index (κ3) is 2.75. The van der Waals surface area contributed by atoms with Gasteiger partial charge in [-0.2, -0.15) is 0 Å². The molecule has 4 nitrogen and oxygen atoms in total. The molecule has 1 N–H and O–H groups in total. The molecular weight excluding hydrogens is 274 g/mol. The molecule has 1 aliphatic heterocycles. The average Bonchev–Trinajstić information content (AvgIpc) is 2.73. The SMILES string of the molecule is CC(=O)N1CC(NCc2cn(C)c3cc(C(C)C)ccc23)C1. The molecule has 0 aliphatic carbocycles. The fraction of sp³-hybridized carbons (Fsp3) is 0.500. The quantitative estimate of drug-likeness (QED) is 0.942. The van der Waals surface area contributed by atoms with Crippen molar-refractivity contribution in [3.8, 4) is 0 Å². The molecule has 1 fully saturated rings. The summed E-state index contributed by atoms with van der Waals surface area (Å²) in [5.74, 6) is 0.720. The number of nitrogens with zero attached hydrogens (tertiary/aromatic N) is 2. The second kappa shape index (κ2) is 5.76. The van der Waals surface area contributed by atoms with Crippen molar-refractivity contribution in [1.82, 2.24) is 14.8 Å². The van der Waals surface area contributed by atoms with Crippen LogP contribution in [0.4, 0.5) is 0 Å². The summed E-state index contributed by atoms with van der Waals surface area (Å²) in [5, 5.41) is 4.88. The van der Waals surface area contributed by atoms with Crippen LogP contribution < -0.4 is 5.32 Å². The van der Waals surface area contributed by atoms with E-state index in [4.69, 9.17) is 0 Å². The lowest BCUT2D eigenvalue weighted by molar-refractivity contribution is -0.133. The number of hydrogen-bond acceptors (Lipinski definition) is 2. The lowest BCUT2D eigenvalue weighted by Gasteiger charge is -2.39. The van der Waals surface area contributed by atoms with E-state index in [0.29, 0.717) is 12.0 Å². The van der Waals surface area contributed by atoms with E-state index in [2.05, 4.69) is 55.2 Å². The Balaban J connectivity index is 1.71. The second-order valence-electron chi connectivity index (χ2n) is 6.70. The Kier molecular flexibility index (Phi) is 3.96. The van der Waals surface area contributed by atoms with Crippen LogP contribution in [0.1, 0.15) is 37.8 Å². The lowest BCUT2D eigenvalue weighted by Crippen LogP contribution is -2.59. The summed E-state index contributed by atoms with van der Waals surface area (Å²) >= 11 is 0. The Bertz CT molecular complexity index is 696. The van der Waals surface area contributed by atoms with Gasteiger partial charge >= 0.3 is 0 Å². The Hall–Kier alpha value is -1.81. The molecular formula is C18H25N3O. The lowest BCUT2D eigenvalue weighted by atomic mass is 10.0. The highest BCUT2D eigenvalue weighted by molar-refractivity contribution is 5.84. The molecule has 1 aromatic carbocycles. The Morgan fingerprint density at radius 1 is 1.36 bits per heavy atom. The summed E-state index contributed by atoms with van der Waals surface area (Å²) in [6, 6.07) is 7.19. The standard InChI is InChI=1S/C18H25N3O/c1-12(2)14-5-6-17-15(9-20(4)18(17)7-14)8-19-16-10-21(11-16)13(3)22/h5-7,9,12,16,19H,8,10-11H2,1-4H3. The summed E-state index contributed by atoms with van der Waals surface area (Å²) in [6.45, 7) is 8.60. The normalized spacial score (nSPS) is 15.6. The van der Waals surface area contributed by atoms with Crippen molar-refractivity contribution in [3.63, 3.8) is 0 Å².